The van der Waals surface area contributed by atoms with Gasteiger partial charge in [-0.1, -0.05) is 17.9 Å². The second kappa shape index (κ2) is 12.3. The molecule has 7 atom stereocenters. The van der Waals surface area contributed by atoms with Gasteiger partial charge < -0.3 is 59.3 Å². The number of esters is 1. The molecule has 0 aliphatic carbocycles. The van der Waals surface area contributed by atoms with E-state index in [1.54, 1.807) is 30.5 Å². The van der Waals surface area contributed by atoms with Gasteiger partial charge in [-0.25, -0.2) is 4.98 Å². The first-order chi connectivity index (χ1) is 23.5. The van der Waals surface area contributed by atoms with E-state index in [0.29, 0.717) is 45.3 Å². The highest BCUT2D eigenvalue weighted by atomic mass is 16.7. The first-order valence-corrected chi connectivity index (χ1v) is 15.3. The van der Waals surface area contributed by atoms with Gasteiger partial charge in [0.15, 0.2) is 11.5 Å². The number of aliphatic carboxylic acids is 1. The third kappa shape index (κ3) is 5.39. The van der Waals surface area contributed by atoms with Gasteiger partial charge in [0, 0.05) is 40.9 Å². The van der Waals surface area contributed by atoms with Crippen molar-refractivity contribution in [2.75, 3.05) is 33.2 Å². The number of nitrogens with two attached hydrogens (primary N) is 1. The quantitative estimate of drug-likeness (QED) is 0.135. The zero-order chi connectivity index (χ0) is 34.6. The van der Waals surface area contributed by atoms with Gasteiger partial charge in [-0.05, 0) is 18.2 Å². The molecule has 5 aliphatic rings. The number of ether oxygens (including phenoxy) is 7. The van der Waals surface area contributed by atoms with Gasteiger partial charge in [0.1, 0.15) is 60.4 Å². The summed E-state index contributed by atoms with van der Waals surface area (Å²) in [4.78, 5) is 27.2. The van der Waals surface area contributed by atoms with Crippen LogP contribution in [-0.4, -0.2) is 95.0 Å². The molecule has 0 radical (unpaired) electrons. The van der Waals surface area contributed by atoms with Crippen LogP contribution in [0.5, 0.6) is 28.7 Å². The first-order valence-electron chi connectivity index (χ1n) is 15.3. The van der Waals surface area contributed by atoms with Crippen LogP contribution in [0.2, 0.25) is 0 Å². The van der Waals surface area contributed by atoms with Gasteiger partial charge in [0.2, 0.25) is 12.0 Å². The van der Waals surface area contributed by atoms with Gasteiger partial charge in [-0.3, -0.25) is 9.59 Å². The normalized spacial score (nSPS) is 27.3. The van der Waals surface area contributed by atoms with Crippen LogP contribution in [0, 0.1) is 11.8 Å². The Balaban J connectivity index is 1.35. The number of aliphatic hydroxyl groups is 3. The van der Waals surface area contributed by atoms with Gasteiger partial charge in [0.05, 0.1) is 32.3 Å². The van der Waals surface area contributed by atoms with E-state index in [0.717, 1.165) is 5.56 Å². The molecule has 2 bridgehead atoms. The highest BCUT2D eigenvalue weighted by Crippen LogP contribution is 2.59. The SMILES string of the molecule is COc1ccc2c(c1OC)OC1c3c(cc4c(c3-c3ccc(N)nc3)C#CCC3(O)C(COC(=O)CC(=O)O)OC(O4)C(O)C3O)OCC21. The summed E-state index contributed by atoms with van der Waals surface area (Å²) in [7, 11) is 3.07. The number of nitrogens with zero attached hydrogens (tertiary/aromatic N) is 1. The third-order valence-corrected chi connectivity index (χ3v) is 9.10. The van der Waals surface area contributed by atoms with Gasteiger partial charge >= 0.3 is 11.9 Å². The van der Waals surface area contributed by atoms with E-state index in [4.69, 9.17) is 44.0 Å². The maximum Gasteiger partial charge on any atom is 0.317 e. The maximum atomic E-state index is 12.0. The van der Waals surface area contributed by atoms with Crippen molar-refractivity contribution < 1.29 is 63.2 Å². The van der Waals surface area contributed by atoms with Crippen molar-refractivity contribution in [1.82, 2.24) is 4.98 Å². The number of carboxylic acid groups (broad SMARTS) is 1. The number of benzene rings is 2. The van der Waals surface area contributed by atoms with Crippen molar-refractivity contribution in [3.63, 3.8) is 0 Å². The fraction of sp³-hybridized carbons (Fsp3) is 0.382. The molecule has 0 spiro atoms. The summed E-state index contributed by atoms with van der Waals surface area (Å²) >= 11 is 0. The molecule has 3 aromatic rings. The Hall–Kier alpha value is -5.27. The predicted octanol–water partition coefficient (Wildman–Crippen LogP) is 1.29. The number of pyridine rings is 1. The van der Waals surface area contributed by atoms with Crippen LogP contribution in [0.25, 0.3) is 11.1 Å². The summed E-state index contributed by atoms with van der Waals surface area (Å²) in [5.41, 5.74) is 6.61. The molecule has 6 heterocycles. The van der Waals surface area contributed by atoms with Gasteiger partial charge in [-0.2, -0.15) is 0 Å². The van der Waals surface area contributed by atoms with Gasteiger partial charge in [0.25, 0.3) is 0 Å². The van der Waals surface area contributed by atoms with Crippen molar-refractivity contribution in [3.8, 4) is 51.7 Å². The number of hydrogen-bond donors (Lipinski definition) is 5. The number of hydrogen-bond acceptors (Lipinski definition) is 14. The van der Waals surface area contributed by atoms with Crippen molar-refractivity contribution >= 4 is 17.8 Å². The number of carbonyl (C=O) groups excluding carboxylic acids is 1. The lowest BCUT2D eigenvalue weighted by Crippen LogP contribution is -2.68. The smallest absolute Gasteiger partial charge is 0.317 e. The summed E-state index contributed by atoms with van der Waals surface area (Å²) in [6.07, 6.45) is -7.05. The molecule has 2 aromatic carbocycles. The lowest BCUT2D eigenvalue weighted by molar-refractivity contribution is -0.312. The number of aliphatic hydroxyl groups excluding tert-OH is 2. The van der Waals surface area contributed by atoms with Crippen molar-refractivity contribution in [2.24, 2.45) is 0 Å². The third-order valence-electron chi connectivity index (χ3n) is 9.10. The average molecular weight is 677 g/mol. The molecule has 15 heteroatoms. The number of aromatic nitrogens is 1. The molecule has 8 rings (SSSR count). The van der Waals surface area contributed by atoms with Crippen LogP contribution in [0.4, 0.5) is 5.82 Å². The molecule has 0 saturated carbocycles. The molecular formula is C34H32N2O13. The molecule has 1 saturated heterocycles. The van der Waals surface area contributed by atoms with Crippen LogP contribution >= 0.6 is 0 Å². The Bertz CT molecular complexity index is 1890. The molecule has 256 valence electrons. The lowest BCUT2D eigenvalue weighted by Gasteiger charge is -2.47. The minimum atomic E-state index is -2.25. The number of methoxy groups -OCH3 is 2. The Morgan fingerprint density at radius 1 is 1.12 bits per heavy atom. The van der Waals surface area contributed by atoms with E-state index in [1.165, 1.54) is 14.2 Å². The molecule has 49 heavy (non-hydrogen) atoms. The maximum absolute atomic E-state index is 12.0. The topological polar surface area (TPSA) is 219 Å². The largest absolute Gasteiger partial charge is 0.493 e. The van der Waals surface area contributed by atoms with Crippen LogP contribution < -0.4 is 29.4 Å². The van der Waals surface area contributed by atoms with Crippen molar-refractivity contribution in [2.45, 2.75) is 55.1 Å². The van der Waals surface area contributed by atoms with E-state index in [2.05, 4.69) is 16.8 Å². The Kier molecular flexibility index (Phi) is 8.11. The van der Waals surface area contributed by atoms with Crippen molar-refractivity contribution in [3.05, 3.63) is 53.2 Å². The number of anilines is 1. The van der Waals surface area contributed by atoms with E-state index in [9.17, 15) is 24.9 Å². The van der Waals surface area contributed by atoms with Crippen LogP contribution in [0.1, 0.15) is 41.6 Å². The summed E-state index contributed by atoms with van der Waals surface area (Å²) in [6.45, 7) is -0.423. The Morgan fingerprint density at radius 2 is 1.94 bits per heavy atom. The number of fused-ring (bicyclic) bond motifs is 8. The Labute approximate surface area is 279 Å². The highest BCUT2D eigenvalue weighted by Gasteiger charge is 2.56. The molecule has 0 amide bonds. The predicted molar refractivity (Wildman–Crippen MR) is 166 cm³/mol. The van der Waals surface area contributed by atoms with E-state index >= 15 is 0 Å². The average Bonchev–Trinajstić information content (AvgIpc) is 3.46. The molecular weight excluding hydrogens is 644 g/mol. The first kappa shape index (κ1) is 32.3. The number of nitrogen functional groups attached to an aromatic ring is 1. The van der Waals surface area contributed by atoms with Crippen LogP contribution in [0.15, 0.2) is 36.5 Å². The summed E-state index contributed by atoms with van der Waals surface area (Å²) in [5, 5.41) is 42.7. The molecule has 5 aliphatic heterocycles. The fourth-order valence-corrected chi connectivity index (χ4v) is 6.68. The van der Waals surface area contributed by atoms with Crippen LogP contribution in [-0.2, 0) is 19.1 Å². The monoisotopic (exact) mass is 676 g/mol. The summed E-state index contributed by atoms with van der Waals surface area (Å²) < 4.78 is 41.2. The van der Waals surface area contributed by atoms with E-state index in [1.807, 2.05) is 6.07 Å². The molecule has 1 fully saturated rings. The molecule has 1 aromatic heterocycles. The highest BCUT2D eigenvalue weighted by molar-refractivity contribution is 5.90. The summed E-state index contributed by atoms with van der Waals surface area (Å²) in [5.74, 6) is 5.43. The molecule has 7 unspecified atom stereocenters. The molecule has 15 nitrogen and oxygen atoms in total. The lowest BCUT2D eigenvalue weighted by atomic mass is 9.80. The zero-order valence-electron chi connectivity index (χ0n) is 26.2. The Morgan fingerprint density at radius 3 is 2.65 bits per heavy atom. The minimum absolute atomic E-state index is 0.108. The zero-order valence-corrected chi connectivity index (χ0v) is 26.2. The van der Waals surface area contributed by atoms with E-state index < -0.39 is 67.7 Å². The number of carbonyl (C=O) groups is 2. The van der Waals surface area contributed by atoms with Crippen LogP contribution in [0.3, 0.4) is 0 Å². The second-order valence-electron chi connectivity index (χ2n) is 12.0. The number of rotatable bonds is 7. The second-order valence-corrected chi connectivity index (χ2v) is 12.0. The van der Waals surface area contributed by atoms with Gasteiger partial charge in [-0.15, -0.1) is 0 Å². The standard InChI is InChI=1S/C34H32N2O13/c1-43-19-7-6-16-18-13-45-21-10-20-17(26(15-5-8-23(35)36-12-15)27(21)29(18)49-30(16)31(19)44-2)4-3-9-34(42)22(14-46-25(39)11-24(37)38)48-33(47-20)28(40)32(34)41/h5-8,10,12,18,22,28-29,32-33,40-42H,9,11,13-14H2,1-2H3,(H2,35,36)(H,37,38). The minimum Gasteiger partial charge on any atom is -0.493 e. The molecule has 6 N–H and O–H groups in total. The summed E-state index contributed by atoms with van der Waals surface area (Å²) in [6, 6.07) is 8.67. The number of carboxylic acids is 1. The van der Waals surface area contributed by atoms with Crippen molar-refractivity contribution in [1.29, 1.82) is 0 Å². The fourth-order valence-electron chi connectivity index (χ4n) is 6.68. The van der Waals surface area contributed by atoms with E-state index in [-0.39, 0.29) is 24.1 Å².